The van der Waals surface area contributed by atoms with Gasteiger partial charge in [-0.15, -0.1) is 0 Å². The van der Waals surface area contributed by atoms with Gasteiger partial charge < -0.3 is 14.6 Å². The lowest BCUT2D eigenvalue weighted by atomic mass is 10.2. The number of imide groups is 1. The number of carbonyl (C=O) groups is 2. The van der Waals surface area contributed by atoms with Gasteiger partial charge in [0.05, 0.1) is 5.56 Å². The quantitative estimate of drug-likeness (QED) is 0.453. The van der Waals surface area contributed by atoms with Crippen LogP contribution in [0.5, 0.6) is 0 Å². The third-order valence-electron chi connectivity index (χ3n) is 6.92. The zero-order valence-electron chi connectivity index (χ0n) is 21.7. The highest BCUT2D eigenvalue weighted by atomic mass is 35.5. The maximum atomic E-state index is 13.9. The van der Waals surface area contributed by atoms with Crippen LogP contribution >= 0.6 is 11.6 Å². The van der Waals surface area contributed by atoms with E-state index >= 15 is 0 Å². The van der Waals surface area contributed by atoms with Gasteiger partial charge in [-0.25, -0.2) is 9.18 Å². The molecule has 0 atom stereocenters. The van der Waals surface area contributed by atoms with Gasteiger partial charge in [-0.1, -0.05) is 38.4 Å². The van der Waals surface area contributed by atoms with Gasteiger partial charge in [-0.2, -0.15) is 0 Å². The molecule has 0 saturated carbocycles. The largest absolute Gasteiger partial charge is 0.416 e. The van der Waals surface area contributed by atoms with Crippen LogP contribution in [0.25, 0.3) is 0 Å². The molecule has 1 heterocycles. The molecular formula is C26H36ClFN4O3Si. The van der Waals surface area contributed by atoms with E-state index in [0.717, 1.165) is 51.1 Å². The molecule has 196 valence electrons. The van der Waals surface area contributed by atoms with Crippen molar-refractivity contribution in [3.8, 4) is 0 Å². The number of benzene rings is 2. The molecule has 3 amide bonds. The fraction of sp³-hybridized carbons (Fsp3) is 0.462. The Kier molecular flexibility index (Phi) is 9.16. The molecule has 1 aliphatic heterocycles. The molecule has 0 radical (unpaired) electrons. The van der Waals surface area contributed by atoms with Crippen molar-refractivity contribution in [3.05, 3.63) is 58.9 Å². The fourth-order valence-corrected chi connectivity index (χ4v) is 4.86. The molecule has 10 heteroatoms. The molecule has 1 saturated heterocycles. The van der Waals surface area contributed by atoms with E-state index in [1.165, 1.54) is 12.1 Å². The molecule has 0 spiro atoms. The number of nitrogens with one attached hydrogen (secondary N) is 2. The van der Waals surface area contributed by atoms with Gasteiger partial charge in [0.1, 0.15) is 5.82 Å². The Hall–Kier alpha value is -2.46. The number of anilines is 2. The topological polar surface area (TPSA) is 73.9 Å². The number of amides is 3. The van der Waals surface area contributed by atoms with Crippen LogP contribution in [0.4, 0.5) is 20.6 Å². The summed E-state index contributed by atoms with van der Waals surface area (Å²) in [5.74, 6) is -1.63. The Bertz CT molecular complexity index is 1090. The van der Waals surface area contributed by atoms with Gasteiger partial charge in [0.15, 0.2) is 8.32 Å². The monoisotopic (exact) mass is 534 g/mol. The van der Waals surface area contributed by atoms with E-state index in [1.807, 2.05) is 18.2 Å². The fourth-order valence-electron chi connectivity index (χ4n) is 3.66. The predicted octanol–water partition coefficient (Wildman–Crippen LogP) is 5.58. The van der Waals surface area contributed by atoms with Crippen LogP contribution in [0.2, 0.25) is 23.2 Å². The third-order valence-corrected chi connectivity index (χ3v) is 11.7. The number of piperazine rings is 1. The summed E-state index contributed by atoms with van der Waals surface area (Å²) in [6, 6.07) is 10.4. The molecule has 2 N–H and O–H groups in total. The van der Waals surface area contributed by atoms with Gasteiger partial charge in [-0.3, -0.25) is 15.0 Å². The Labute approximate surface area is 219 Å². The normalized spacial score (nSPS) is 15.0. The molecule has 36 heavy (non-hydrogen) atoms. The van der Waals surface area contributed by atoms with E-state index in [4.69, 9.17) is 16.0 Å². The van der Waals surface area contributed by atoms with Gasteiger partial charge in [0.2, 0.25) is 0 Å². The van der Waals surface area contributed by atoms with Gasteiger partial charge in [0, 0.05) is 55.7 Å². The van der Waals surface area contributed by atoms with Crippen molar-refractivity contribution in [3.63, 3.8) is 0 Å². The minimum Gasteiger partial charge on any atom is -0.416 e. The Morgan fingerprint density at radius 1 is 1.08 bits per heavy atom. The summed E-state index contributed by atoms with van der Waals surface area (Å²) in [6.07, 6.45) is 0. The van der Waals surface area contributed by atoms with Crippen LogP contribution < -0.4 is 15.5 Å². The van der Waals surface area contributed by atoms with Crippen LogP contribution in [-0.4, -0.2) is 64.5 Å². The molecule has 0 bridgehead atoms. The van der Waals surface area contributed by atoms with Gasteiger partial charge in [-0.05, 0) is 54.5 Å². The summed E-state index contributed by atoms with van der Waals surface area (Å²) in [7, 11) is -1.73. The van der Waals surface area contributed by atoms with E-state index in [0.29, 0.717) is 5.69 Å². The summed E-state index contributed by atoms with van der Waals surface area (Å²) in [6.45, 7) is 16.6. The molecule has 0 aliphatic carbocycles. The van der Waals surface area contributed by atoms with Crippen molar-refractivity contribution in [1.29, 1.82) is 0 Å². The number of halogens is 2. The molecule has 7 nitrogen and oxygen atoms in total. The first kappa shape index (κ1) is 28.1. The molecule has 2 aromatic rings. The second kappa shape index (κ2) is 11.7. The summed E-state index contributed by atoms with van der Waals surface area (Å²) < 4.78 is 20.3. The van der Waals surface area contributed by atoms with Crippen LogP contribution in [0.15, 0.2) is 42.5 Å². The molecule has 0 unspecified atom stereocenters. The lowest BCUT2D eigenvalue weighted by molar-refractivity contribution is 0.0963. The predicted molar refractivity (Wildman–Crippen MR) is 146 cm³/mol. The SMILES string of the molecule is CC(C)(C)[Si](C)(C)OCCN1CCN(c2cccc(NC(=O)NC(=O)c3ccc(Cl)cc3F)c2)CC1. The van der Waals surface area contributed by atoms with E-state index in [-0.39, 0.29) is 15.6 Å². The third kappa shape index (κ3) is 7.52. The van der Waals surface area contributed by atoms with E-state index in [1.54, 1.807) is 6.07 Å². The average Bonchev–Trinajstić information content (AvgIpc) is 2.78. The highest BCUT2D eigenvalue weighted by molar-refractivity contribution is 6.74. The van der Waals surface area contributed by atoms with Crippen LogP contribution in [-0.2, 0) is 4.43 Å². The highest BCUT2D eigenvalue weighted by Crippen LogP contribution is 2.36. The number of urea groups is 1. The average molecular weight is 535 g/mol. The van der Waals surface area contributed by atoms with E-state index < -0.39 is 26.1 Å². The second-order valence-corrected chi connectivity index (χ2v) is 15.8. The summed E-state index contributed by atoms with van der Waals surface area (Å²) >= 11 is 5.71. The first-order chi connectivity index (χ1) is 16.9. The van der Waals surface area contributed by atoms with Crippen LogP contribution in [0.1, 0.15) is 31.1 Å². The molecule has 2 aromatic carbocycles. The van der Waals surface area contributed by atoms with Crippen molar-refractivity contribution >= 4 is 43.2 Å². The van der Waals surface area contributed by atoms with E-state index in [9.17, 15) is 14.0 Å². The van der Waals surface area contributed by atoms with Crippen LogP contribution in [0, 0.1) is 5.82 Å². The molecule has 0 aromatic heterocycles. The lowest BCUT2D eigenvalue weighted by Gasteiger charge is -2.39. The smallest absolute Gasteiger partial charge is 0.326 e. The Morgan fingerprint density at radius 3 is 2.42 bits per heavy atom. The van der Waals surface area contributed by atoms with Crippen molar-refractivity contribution in [2.45, 2.75) is 38.9 Å². The molecule has 1 aliphatic rings. The second-order valence-electron chi connectivity index (χ2n) is 10.5. The van der Waals surface area contributed by atoms with Gasteiger partial charge >= 0.3 is 6.03 Å². The molecule has 1 fully saturated rings. The highest BCUT2D eigenvalue weighted by Gasteiger charge is 2.37. The first-order valence-corrected chi connectivity index (χ1v) is 15.4. The standard InChI is InChI=1S/C26H36ClFN4O3Si/c1-26(2,3)36(4,5)35-16-15-31-11-13-32(14-12-31)21-8-6-7-20(18-21)29-25(34)30-24(33)22-10-9-19(27)17-23(22)28/h6-10,17-18H,11-16H2,1-5H3,(H2,29,30,33,34). The summed E-state index contributed by atoms with van der Waals surface area (Å²) in [4.78, 5) is 29.2. The maximum Gasteiger partial charge on any atom is 0.326 e. The van der Waals surface area contributed by atoms with Crippen LogP contribution in [0.3, 0.4) is 0 Å². The van der Waals surface area contributed by atoms with E-state index in [2.05, 4.69) is 54.3 Å². The van der Waals surface area contributed by atoms with Gasteiger partial charge in [0.25, 0.3) is 5.91 Å². The van der Waals surface area contributed by atoms with Crippen molar-refractivity contribution in [2.75, 3.05) is 49.5 Å². The summed E-state index contributed by atoms with van der Waals surface area (Å²) in [5.41, 5.74) is 1.27. The zero-order chi connectivity index (χ0) is 26.5. The Balaban J connectivity index is 1.48. The minimum absolute atomic E-state index is 0.172. The number of nitrogens with zero attached hydrogens (tertiary/aromatic N) is 2. The molecular weight excluding hydrogens is 499 g/mol. The maximum absolute atomic E-state index is 13.9. The zero-order valence-corrected chi connectivity index (χ0v) is 23.4. The minimum atomic E-state index is -1.73. The number of hydrogen-bond donors (Lipinski definition) is 2. The van der Waals surface area contributed by atoms with Crippen molar-refractivity contribution in [2.24, 2.45) is 0 Å². The number of rotatable bonds is 7. The number of hydrogen-bond acceptors (Lipinski definition) is 5. The molecule has 3 rings (SSSR count). The van der Waals surface area contributed by atoms with Crippen molar-refractivity contribution < 1.29 is 18.4 Å². The number of carbonyl (C=O) groups excluding carboxylic acids is 2. The Morgan fingerprint density at radius 2 is 1.78 bits per heavy atom. The summed E-state index contributed by atoms with van der Waals surface area (Å²) in [5, 5.41) is 5.18. The first-order valence-electron chi connectivity index (χ1n) is 12.1. The lowest BCUT2D eigenvalue weighted by Crippen LogP contribution is -2.48. The van der Waals surface area contributed by atoms with Crippen molar-refractivity contribution in [1.82, 2.24) is 10.2 Å².